The highest BCUT2D eigenvalue weighted by Crippen LogP contribution is 2.14. The van der Waals surface area contributed by atoms with Crippen LogP contribution in [0.15, 0.2) is 40.2 Å². The van der Waals surface area contributed by atoms with Gasteiger partial charge in [-0.25, -0.2) is 9.78 Å². The van der Waals surface area contributed by atoms with Crippen LogP contribution >= 0.6 is 0 Å². The van der Waals surface area contributed by atoms with E-state index in [1.807, 2.05) is 26.0 Å². The molecule has 28 heavy (non-hydrogen) atoms. The largest absolute Gasteiger partial charge is 0.329 e. The molecule has 1 N–H and O–H groups in total. The molecule has 0 aliphatic carbocycles. The van der Waals surface area contributed by atoms with E-state index < -0.39 is 17.0 Å². The van der Waals surface area contributed by atoms with Crippen LogP contribution in [0.25, 0.3) is 0 Å². The predicted molar refractivity (Wildman–Crippen MR) is 106 cm³/mol. The van der Waals surface area contributed by atoms with Gasteiger partial charge in [0.2, 0.25) is 5.78 Å². The average molecular weight is 378 g/mol. The summed E-state index contributed by atoms with van der Waals surface area (Å²) < 4.78 is 1.30. The molecule has 7 heteroatoms. The Kier molecular flexibility index (Phi) is 5.35. The summed E-state index contributed by atoms with van der Waals surface area (Å²) in [5, 5.41) is 0. The first-order valence-corrected chi connectivity index (χ1v) is 9.06. The van der Waals surface area contributed by atoms with Crippen molar-refractivity contribution in [3.05, 3.63) is 90.8 Å². The highest BCUT2D eigenvalue weighted by Gasteiger charge is 2.23. The van der Waals surface area contributed by atoms with Gasteiger partial charge in [-0.15, -0.1) is 0 Å². The van der Waals surface area contributed by atoms with Crippen molar-refractivity contribution in [3.63, 3.8) is 0 Å². The fraction of sp³-hybridized carbons (Fsp3) is 0.286. The van der Waals surface area contributed by atoms with Gasteiger partial charge < -0.3 is 0 Å². The molecular formula is C21H22N4O3. The van der Waals surface area contributed by atoms with Crippen molar-refractivity contribution in [2.75, 3.05) is 0 Å². The summed E-state index contributed by atoms with van der Waals surface area (Å²) in [6.45, 7) is 7.47. The van der Waals surface area contributed by atoms with Gasteiger partial charge in [0.25, 0.3) is 5.56 Å². The number of hydrogen-bond acceptors (Lipinski definition) is 5. The van der Waals surface area contributed by atoms with Gasteiger partial charge in [0, 0.05) is 23.7 Å². The minimum atomic E-state index is -0.628. The number of hydrogen-bond donors (Lipinski definition) is 1. The summed E-state index contributed by atoms with van der Waals surface area (Å²) >= 11 is 0. The van der Waals surface area contributed by atoms with Crippen LogP contribution in [0.2, 0.25) is 0 Å². The first-order chi connectivity index (χ1) is 13.3. The molecule has 0 saturated carbocycles. The Bertz CT molecular complexity index is 1150. The van der Waals surface area contributed by atoms with Crippen LogP contribution in [0.3, 0.4) is 0 Å². The van der Waals surface area contributed by atoms with E-state index in [-0.39, 0.29) is 23.5 Å². The SMILES string of the molecule is CCc1c(C(=O)c2cc(C)cc(C)n2)n(Cc2cncc(C)c2)c(=O)[nH]c1=O. The highest BCUT2D eigenvalue weighted by molar-refractivity contribution is 6.07. The second kappa shape index (κ2) is 7.72. The van der Waals surface area contributed by atoms with E-state index in [1.165, 1.54) is 4.57 Å². The zero-order chi connectivity index (χ0) is 20.4. The number of pyridine rings is 2. The zero-order valence-corrected chi connectivity index (χ0v) is 16.4. The maximum atomic E-state index is 13.3. The van der Waals surface area contributed by atoms with Crippen LogP contribution in [0, 0.1) is 20.8 Å². The Morgan fingerprint density at radius 2 is 1.82 bits per heavy atom. The maximum Gasteiger partial charge on any atom is 0.329 e. The van der Waals surface area contributed by atoms with E-state index in [0.29, 0.717) is 12.1 Å². The smallest absolute Gasteiger partial charge is 0.285 e. The first-order valence-electron chi connectivity index (χ1n) is 9.06. The van der Waals surface area contributed by atoms with Crippen molar-refractivity contribution in [1.82, 2.24) is 19.5 Å². The molecule has 0 amide bonds. The fourth-order valence-corrected chi connectivity index (χ4v) is 3.32. The molecule has 0 atom stereocenters. The van der Waals surface area contributed by atoms with Gasteiger partial charge in [0.05, 0.1) is 6.54 Å². The average Bonchev–Trinajstić information content (AvgIpc) is 2.62. The number of aromatic nitrogens is 4. The van der Waals surface area contributed by atoms with Crippen LogP contribution in [-0.2, 0) is 13.0 Å². The molecule has 3 rings (SSSR count). The molecule has 0 fully saturated rings. The summed E-state index contributed by atoms with van der Waals surface area (Å²) in [4.78, 5) is 49.1. The number of ketones is 1. The van der Waals surface area contributed by atoms with Gasteiger partial charge in [-0.2, -0.15) is 0 Å². The van der Waals surface area contributed by atoms with Crippen molar-refractivity contribution >= 4 is 5.78 Å². The van der Waals surface area contributed by atoms with Crippen LogP contribution in [0.1, 0.15) is 51.1 Å². The van der Waals surface area contributed by atoms with E-state index in [4.69, 9.17) is 0 Å². The van der Waals surface area contributed by atoms with E-state index in [9.17, 15) is 14.4 Å². The van der Waals surface area contributed by atoms with Crippen molar-refractivity contribution < 1.29 is 4.79 Å². The first kappa shape index (κ1) is 19.4. The standard InChI is InChI=1S/C21H22N4O3/c1-5-16-18(19(26)17-8-12(2)6-14(4)23-17)25(21(28)24-20(16)27)11-15-7-13(3)9-22-10-15/h6-10H,5,11H2,1-4H3,(H,24,27,28). The van der Waals surface area contributed by atoms with Gasteiger partial charge in [0.15, 0.2) is 0 Å². The molecule has 0 bridgehead atoms. The van der Waals surface area contributed by atoms with Crippen LogP contribution in [0.4, 0.5) is 0 Å². The van der Waals surface area contributed by atoms with Gasteiger partial charge in [-0.3, -0.25) is 24.1 Å². The Balaban J connectivity index is 2.24. The third-order valence-electron chi connectivity index (χ3n) is 4.47. The summed E-state index contributed by atoms with van der Waals surface area (Å²) in [6.07, 6.45) is 3.66. The predicted octanol–water partition coefficient (Wildman–Crippen LogP) is 2.09. The summed E-state index contributed by atoms with van der Waals surface area (Å²) in [5.41, 5.74) is 2.68. The molecule has 0 aliphatic heterocycles. The summed E-state index contributed by atoms with van der Waals surface area (Å²) in [5.74, 6) is -0.438. The molecule has 3 aromatic rings. The number of aryl methyl sites for hydroxylation is 3. The maximum absolute atomic E-state index is 13.3. The second-order valence-electron chi connectivity index (χ2n) is 6.90. The quantitative estimate of drug-likeness (QED) is 0.686. The molecule has 3 heterocycles. The monoisotopic (exact) mass is 378 g/mol. The number of carbonyl (C=O) groups is 1. The fourth-order valence-electron chi connectivity index (χ4n) is 3.32. The van der Waals surface area contributed by atoms with E-state index in [1.54, 1.807) is 32.3 Å². The number of aromatic amines is 1. The summed E-state index contributed by atoms with van der Waals surface area (Å²) in [6, 6.07) is 5.42. The van der Waals surface area contributed by atoms with Crippen LogP contribution < -0.4 is 11.2 Å². The molecule has 0 aromatic carbocycles. The number of nitrogens with zero attached hydrogens (tertiary/aromatic N) is 3. The number of rotatable bonds is 5. The molecular weight excluding hydrogens is 356 g/mol. The Morgan fingerprint density at radius 3 is 2.46 bits per heavy atom. The van der Waals surface area contributed by atoms with E-state index >= 15 is 0 Å². The lowest BCUT2D eigenvalue weighted by Crippen LogP contribution is -2.37. The lowest BCUT2D eigenvalue weighted by molar-refractivity contribution is 0.102. The molecule has 0 aliphatic rings. The van der Waals surface area contributed by atoms with E-state index in [0.717, 1.165) is 16.7 Å². The molecule has 0 unspecified atom stereocenters. The molecule has 0 saturated heterocycles. The topological polar surface area (TPSA) is 97.7 Å². The summed E-state index contributed by atoms with van der Waals surface area (Å²) in [7, 11) is 0. The molecule has 3 aromatic heterocycles. The Hall–Kier alpha value is -3.35. The number of nitrogens with one attached hydrogen (secondary N) is 1. The normalized spacial score (nSPS) is 10.9. The number of carbonyl (C=O) groups excluding carboxylic acids is 1. The molecule has 7 nitrogen and oxygen atoms in total. The van der Waals surface area contributed by atoms with E-state index in [2.05, 4.69) is 15.0 Å². The van der Waals surface area contributed by atoms with Crippen molar-refractivity contribution in [2.24, 2.45) is 0 Å². The molecule has 0 spiro atoms. The van der Waals surface area contributed by atoms with Crippen molar-refractivity contribution in [3.8, 4) is 0 Å². The third-order valence-corrected chi connectivity index (χ3v) is 4.47. The van der Waals surface area contributed by atoms with Gasteiger partial charge >= 0.3 is 5.69 Å². The lowest BCUT2D eigenvalue weighted by Gasteiger charge is -2.15. The van der Waals surface area contributed by atoms with Gasteiger partial charge in [0.1, 0.15) is 11.4 Å². The minimum Gasteiger partial charge on any atom is -0.285 e. The Morgan fingerprint density at radius 1 is 1.07 bits per heavy atom. The number of H-pyrrole nitrogens is 1. The van der Waals surface area contributed by atoms with Gasteiger partial charge in [-0.05, 0) is 56.0 Å². The lowest BCUT2D eigenvalue weighted by atomic mass is 10.0. The molecule has 0 radical (unpaired) electrons. The van der Waals surface area contributed by atoms with Crippen molar-refractivity contribution in [2.45, 2.75) is 40.7 Å². The zero-order valence-electron chi connectivity index (χ0n) is 16.4. The second-order valence-corrected chi connectivity index (χ2v) is 6.90. The van der Waals surface area contributed by atoms with Crippen LogP contribution in [0.5, 0.6) is 0 Å². The third kappa shape index (κ3) is 3.83. The van der Waals surface area contributed by atoms with Gasteiger partial charge in [-0.1, -0.05) is 13.0 Å². The molecule has 144 valence electrons. The van der Waals surface area contributed by atoms with Crippen molar-refractivity contribution in [1.29, 1.82) is 0 Å². The highest BCUT2D eigenvalue weighted by atomic mass is 16.2. The van der Waals surface area contributed by atoms with Crippen LogP contribution in [-0.4, -0.2) is 25.3 Å². The Labute approximate surface area is 162 Å². The minimum absolute atomic E-state index is 0.0789.